The third-order valence-electron chi connectivity index (χ3n) is 4.80. The van der Waals surface area contributed by atoms with Crippen LogP contribution in [0.15, 0.2) is 35.2 Å². The number of hydrogen-bond donors (Lipinski definition) is 1. The molecule has 0 radical (unpaired) electrons. The van der Waals surface area contributed by atoms with Crippen LogP contribution in [-0.2, 0) is 19.5 Å². The van der Waals surface area contributed by atoms with Gasteiger partial charge in [-0.3, -0.25) is 4.79 Å². The summed E-state index contributed by atoms with van der Waals surface area (Å²) in [5.41, 5.74) is 1.46. The van der Waals surface area contributed by atoms with Crippen LogP contribution in [0, 0.1) is 13.8 Å². The Labute approximate surface area is 183 Å². The molecular weight excluding hydrogens is 420 g/mol. The summed E-state index contributed by atoms with van der Waals surface area (Å²) in [6.45, 7) is 7.81. The van der Waals surface area contributed by atoms with Crippen molar-refractivity contribution in [1.29, 1.82) is 0 Å². The van der Waals surface area contributed by atoms with Crippen LogP contribution in [0.25, 0.3) is 0 Å². The molecule has 9 heteroatoms. The van der Waals surface area contributed by atoms with E-state index in [0.29, 0.717) is 36.5 Å². The number of nitrogens with zero attached hydrogens (tertiary/aromatic N) is 1. The van der Waals surface area contributed by atoms with Gasteiger partial charge < -0.3 is 14.5 Å². The van der Waals surface area contributed by atoms with Crippen LogP contribution < -0.4 is 0 Å². The van der Waals surface area contributed by atoms with Gasteiger partial charge in [0, 0.05) is 31.0 Å². The number of carbonyl (C=O) groups is 2. The molecule has 2 rings (SSSR count). The molecule has 0 atom stereocenters. The molecule has 0 bridgehead atoms. The smallest absolute Gasteiger partial charge is 0.355 e. The Morgan fingerprint density at radius 1 is 1.06 bits per heavy atom. The number of ketones is 1. The number of Topliss-reactive ketones (excluding diaryl/α,β-unsaturated/α-hetero) is 1. The number of sulfonamides is 1. The fourth-order valence-electron chi connectivity index (χ4n) is 3.33. The van der Waals surface area contributed by atoms with E-state index in [-0.39, 0.29) is 30.3 Å². The summed E-state index contributed by atoms with van der Waals surface area (Å²) in [4.78, 5) is 28.3. The number of aromatic nitrogens is 1. The lowest BCUT2D eigenvalue weighted by molar-refractivity contribution is 0.0519. The lowest BCUT2D eigenvalue weighted by atomic mass is 10.1. The Balaban J connectivity index is 2.32. The molecular formula is C22H30N2O6S. The summed E-state index contributed by atoms with van der Waals surface area (Å²) < 4.78 is 37.9. The average Bonchev–Trinajstić information content (AvgIpc) is 3.05. The zero-order valence-corrected chi connectivity index (χ0v) is 19.3. The fourth-order valence-corrected chi connectivity index (χ4v) is 4.78. The number of esters is 1. The highest BCUT2D eigenvalue weighted by Crippen LogP contribution is 2.22. The van der Waals surface area contributed by atoms with Crippen LogP contribution in [0.1, 0.15) is 52.4 Å². The molecule has 0 aliphatic rings. The topological polar surface area (TPSA) is 106 Å². The molecule has 0 saturated carbocycles. The van der Waals surface area contributed by atoms with E-state index >= 15 is 0 Å². The van der Waals surface area contributed by atoms with Gasteiger partial charge in [0.25, 0.3) is 0 Å². The summed E-state index contributed by atoms with van der Waals surface area (Å²) in [7, 11) is -3.88. The number of carbonyl (C=O) groups excluding carboxylic acids is 2. The van der Waals surface area contributed by atoms with E-state index < -0.39 is 21.8 Å². The quantitative estimate of drug-likeness (QED) is 0.303. The fraction of sp³-hybridized carbons (Fsp3) is 0.455. The predicted octanol–water partition coefficient (Wildman–Crippen LogP) is 3.11. The van der Waals surface area contributed by atoms with Crippen molar-refractivity contribution in [3.05, 3.63) is 52.8 Å². The van der Waals surface area contributed by atoms with Crippen LogP contribution in [0.3, 0.4) is 0 Å². The molecule has 8 nitrogen and oxygen atoms in total. The average molecular weight is 451 g/mol. The largest absolute Gasteiger partial charge is 0.461 e. The molecule has 2 aromatic rings. The van der Waals surface area contributed by atoms with Crippen molar-refractivity contribution in [3.8, 4) is 0 Å². The first-order valence-electron chi connectivity index (χ1n) is 10.3. The third kappa shape index (κ3) is 6.03. The first-order chi connectivity index (χ1) is 14.7. The maximum absolute atomic E-state index is 13.2. The first-order valence-corrected chi connectivity index (χ1v) is 11.7. The van der Waals surface area contributed by atoms with E-state index in [1.165, 1.54) is 16.4 Å². The highest BCUT2D eigenvalue weighted by Gasteiger charge is 2.29. The molecule has 31 heavy (non-hydrogen) atoms. The standard InChI is InChI=1S/C22H30N2O6S/c1-5-29-14-10-13-24(31(27,28)18-11-8-7-9-12-18)15-19(25)20-16(3)21(23-17(20)4)22(26)30-6-2/h7-9,11-12,23H,5-6,10,13-15H2,1-4H3. The summed E-state index contributed by atoms with van der Waals surface area (Å²) in [5, 5.41) is 0. The number of hydrogen-bond acceptors (Lipinski definition) is 6. The van der Waals surface area contributed by atoms with E-state index in [9.17, 15) is 18.0 Å². The maximum atomic E-state index is 13.2. The molecule has 1 aromatic heterocycles. The number of H-pyrrole nitrogens is 1. The van der Waals surface area contributed by atoms with Crippen molar-refractivity contribution >= 4 is 21.8 Å². The Bertz CT molecular complexity index is 999. The van der Waals surface area contributed by atoms with Gasteiger partial charge in [-0.15, -0.1) is 0 Å². The van der Waals surface area contributed by atoms with Crippen LogP contribution in [-0.4, -0.2) is 62.4 Å². The second-order valence-corrected chi connectivity index (χ2v) is 8.91. The first kappa shape index (κ1) is 24.8. The Hall–Kier alpha value is -2.49. The van der Waals surface area contributed by atoms with Crippen LogP contribution in [0.4, 0.5) is 0 Å². The van der Waals surface area contributed by atoms with Gasteiger partial charge in [-0.25, -0.2) is 13.2 Å². The number of rotatable bonds is 12. The van der Waals surface area contributed by atoms with Crippen LogP contribution in [0.2, 0.25) is 0 Å². The summed E-state index contributed by atoms with van der Waals surface area (Å²) >= 11 is 0. The highest BCUT2D eigenvalue weighted by molar-refractivity contribution is 7.89. The minimum atomic E-state index is -3.88. The molecule has 0 fully saturated rings. The SMILES string of the molecule is CCOCCCN(CC(=O)c1c(C)[nH]c(C(=O)OCC)c1C)S(=O)(=O)c1ccccc1. The van der Waals surface area contributed by atoms with E-state index in [1.807, 2.05) is 6.92 Å². The van der Waals surface area contributed by atoms with Gasteiger partial charge in [0.15, 0.2) is 5.78 Å². The Morgan fingerprint density at radius 2 is 1.74 bits per heavy atom. The van der Waals surface area contributed by atoms with Gasteiger partial charge in [0.2, 0.25) is 10.0 Å². The van der Waals surface area contributed by atoms with Crippen LogP contribution in [0.5, 0.6) is 0 Å². The van der Waals surface area contributed by atoms with Gasteiger partial charge in [-0.2, -0.15) is 4.31 Å². The van der Waals surface area contributed by atoms with Crippen LogP contribution >= 0.6 is 0 Å². The van der Waals surface area contributed by atoms with Gasteiger partial charge in [-0.05, 0) is 51.8 Å². The summed E-state index contributed by atoms with van der Waals surface area (Å²) in [5.74, 6) is -0.939. The number of nitrogens with one attached hydrogen (secondary N) is 1. The lowest BCUT2D eigenvalue weighted by Crippen LogP contribution is -2.37. The van der Waals surface area contributed by atoms with E-state index in [0.717, 1.165) is 0 Å². The minimum Gasteiger partial charge on any atom is -0.461 e. The van der Waals surface area contributed by atoms with Gasteiger partial charge in [-0.1, -0.05) is 18.2 Å². The predicted molar refractivity (Wildman–Crippen MR) is 117 cm³/mol. The Kier molecular flexibility index (Phi) is 8.97. The third-order valence-corrected chi connectivity index (χ3v) is 6.66. The van der Waals surface area contributed by atoms with Gasteiger partial charge in [0.05, 0.1) is 18.0 Å². The van der Waals surface area contributed by atoms with Crippen molar-refractivity contribution in [3.63, 3.8) is 0 Å². The second-order valence-electron chi connectivity index (χ2n) is 6.97. The monoisotopic (exact) mass is 450 g/mol. The van der Waals surface area contributed by atoms with E-state index in [2.05, 4.69) is 4.98 Å². The lowest BCUT2D eigenvalue weighted by Gasteiger charge is -2.22. The molecule has 1 heterocycles. The van der Waals surface area contributed by atoms with Crippen molar-refractivity contribution in [2.45, 2.75) is 39.0 Å². The summed E-state index contributed by atoms with van der Waals surface area (Å²) in [6, 6.07) is 8.01. The zero-order valence-electron chi connectivity index (χ0n) is 18.4. The Morgan fingerprint density at radius 3 is 2.35 bits per heavy atom. The summed E-state index contributed by atoms with van der Waals surface area (Å²) in [6.07, 6.45) is 0.451. The molecule has 0 aliphatic heterocycles. The highest BCUT2D eigenvalue weighted by atomic mass is 32.2. The molecule has 0 amide bonds. The molecule has 1 aromatic carbocycles. The van der Waals surface area contributed by atoms with Crippen molar-refractivity contribution < 1.29 is 27.5 Å². The molecule has 0 aliphatic carbocycles. The normalized spacial score (nSPS) is 11.6. The molecule has 0 unspecified atom stereocenters. The zero-order chi connectivity index (χ0) is 23.0. The van der Waals surface area contributed by atoms with Crippen molar-refractivity contribution in [2.75, 3.05) is 32.9 Å². The van der Waals surface area contributed by atoms with Gasteiger partial charge in [0.1, 0.15) is 5.69 Å². The number of ether oxygens (including phenoxy) is 2. The van der Waals surface area contributed by atoms with E-state index in [1.54, 1.807) is 39.0 Å². The minimum absolute atomic E-state index is 0.119. The van der Waals surface area contributed by atoms with Crippen molar-refractivity contribution in [1.82, 2.24) is 9.29 Å². The molecule has 170 valence electrons. The maximum Gasteiger partial charge on any atom is 0.355 e. The molecule has 0 saturated heterocycles. The molecule has 1 N–H and O–H groups in total. The van der Waals surface area contributed by atoms with Gasteiger partial charge >= 0.3 is 5.97 Å². The second kappa shape index (κ2) is 11.2. The number of aromatic amines is 1. The van der Waals surface area contributed by atoms with Crippen molar-refractivity contribution in [2.24, 2.45) is 0 Å². The number of benzene rings is 1. The number of aryl methyl sites for hydroxylation is 1. The molecule has 0 spiro atoms. The van der Waals surface area contributed by atoms with E-state index in [4.69, 9.17) is 9.47 Å².